The molecule has 6 heteroatoms. The molecular formula is C19H22FNO4. The molecule has 25 heavy (non-hydrogen) atoms. The normalized spacial score (nSPS) is 11.6. The van der Waals surface area contributed by atoms with Crippen LogP contribution in [0.2, 0.25) is 0 Å². The van der Waals surface area contributed by atoms with Gasteiger partial charge < -0.3 is 19.1 Å². The minimum Gasteiger partial charge on any atom is -0.496 e. The van der Waals surface area contributed by atoms with Crippen LogP contribution < -0.4 is 14.2 Å². The highest BCUT2D eigenvalue weighted by molar-refractivity contribution is 5.98. The maximum absolute atomic E-state index is 13.1. The van der Waals surface area contributed by atoms with Crippen LogP contribution in [0.25, 0.3) is 0 Å². The number of carbonyl (C=O) groups is 1. The van der Waals surface area contributed by atoms with Crippen molar-refractivity contribution in [3.05, 3.63) is 53.3 Å². The molecule has 0 fully saturated rings. The molecule has 0 N–H and O–H groups in total. The van der Waals surface area contributed by atoms with Gasteiger partial charge in [-0.15, -0.1) is 0 Å². The highest BCUT2D eigenvalue weighted by Crippen LogP contribution is 2.36. The van der Waals surface area contributed by atoms with Crippen molar-refractivity contribution in [2.75, 3.05) is 28.4 Å². The van der Waals surface area contributed by atoms with Crippen molar-refractivity contribution in [3.8, 4) is 17.2 Å². The molecule has 0 saturated heterocycles. The van der Waals surface area contributed by atoms with Gasteiger partial charge in [-0.05, 0) is 24.6 Å². The van der Waals surface area contributed by atoms with Crippen molar-refractivity contribution in [1.29, 1.82) is 0 Å². The Labute approximate surface area is 146 Å². The van der Waals surface area contributed by atoms with Crippen LogP contribution in [0.5, 0.6) is 17.2 Å². The second-order valence-corrected chi connectivity index (χ2v) is 5.55. The Morgan fingerprint density at radius 3 is 2.00 bits per heavy atom. The van der Waals surface area contributed by atoms with Crippen LogP contribution in [0.15, 0.2) is 36.4 Å². The summed E-state index contributed by atoms with van der Waals surface area (Å²) in [4.78, 5) is 14.5. The molecule has 0 spiro atoms. The molecule has 1 unspecified atom stereocenters. The van der Waals surface area contributed by atoms with E-state index in [9.17, 15) is 9.18 Å². The second-order valence-electron chi connectivity index (χ2n) is 5.55. The summed E-state index contributed by atoms with van der Waals surface area (Å²) < 4.78 is 28.9. The summed E-state index contributed by atoms with van der Waals surface area (Å²) in [5.74, 6) is 0.751. The number of methoxy groups -OCH3 is 3. The number of hydrogen-bond acceptors (Lipinski definition) is 4. The molecule has 1 atom stereocenters. The maximum atomic E-state index is 13.1. The maximum Gasteiger partial charge on any atom is 0.258 e. The number of benzene rings is 2. The minimum atomic E-state index is -0.313. The van der Waals surface area contributed by atoms with Crippen LogP contribution in [-0.4, -0.2) is 39.2 Å². The Hall–Kier alpha value is -2.76. The van der Waals surface area contributed by atoms with Gasteiger partial charge >= 0.3 is 0 Å². The molecule has 134 valence electrons. The third-order valence-electron chi connectivity index (χ3n) is 4.19. The molecule has 0 bridgehead atoms. The van der Waals surface area contributed by atoms with E-state index in [1.165, 1.54) is 33.5 Å². The topological polar surface area (TPSA) is 48.0 Å². The highest BCUT2D eigenvalue weighted by atomic mass is 19.1. The Morgan fingerprint density at radius 2 is 1.48 bits per heavy atom. The minimum absolute atomic E-state index is 0.241. The summed E-state index contributed by atoms with van der Waals surface area (Å²) in [7, 11) is 6.19. The monoisotopic (exact) mass is 347 g/mol. The zero-order chi connectivity index (χ0) is 18.6. The van der Waals surface area contributed by atoms with E-state index in [2.05, 4.69) is 0 Å². The van der Waals surface area contributed by atoms with Gasteiger partial charge in [0.15, 0.2) is 11.5 Å². The first-order valence-corrected chi connectivity index (χ1v) is 7.75. The number of halogens is 1. The smallest absolute Gasteiger partial charge is 0.258 e. The Morgan fingerprint density at radius 1 is 0.960 bits per heavy atom. The molecule has 2 aromatic rings. The molecule has 0 radical (unpaired) electrons. The fourth-order valence-electron chi connectivity index (χ4n) is 2.53. The molecule has 0 aromatic heterocycles. The van der Waals surface area contributed by atoms with Crippen LogP contribution in [-0.2, 0) is 0 Å². The van der Waals surface area contributed by atoms with Crippen molar-refractivity contribution in [2.24, 2.45) is 0 Å². The molecular weight excluding hydrogens is 325 g/mol. The van der Waals surface area contributed by atoms with Gasteiger partial charge in [0.25, 0.3) is 5.91 Å². The largest absolute Gasteiger partial charge is 0.496 e. The van der Waals surface area contributed by atoms with Gasteiger partial charge in [0.05, 0.1) is 32.9 Å². The van der Waals surface area contributed by atoms with Crippen LogP contribution in [0.1, 0.15) is 28.9 Å². The lowest BCUT2D eigenvalue weighted by Crippen LogP contribution is -2.30. The number of carbonyl (C=O) groups excluding carboxylic acids is 1. The van der Waals surface area contributed by atoms with E-state index in [4.69, 9.17) is 14.2 Å². The van der Waals surface area contributed by atoms with E-state index in [1.54, 1.807) is 36.2 Å². The van der Waals surface area contributed by atoms with Crippen LogP contribution in [0.4, 0.5) is 4.39 Å². The predicted molar refractivity (Wildman–Crippen MR) is 93.0 cm³/mol. The van der Waals surface area contributed by atoms with Gasteiger partial charge in [0, 0.05) is 19.2 Å². The van der Waals surface area contributed by atoms with Crippen molar-refractivity contribution in [1.82, 2.24) is 4.90 Å². The van der Waals surface area contributed by atoms with Crippen molar-refractivity contribution < 1.29 is 23.4 Å². The fourth-order valence-corrected chi connectivity index (χ4v) is 2.53. The van der Waals surface area contributed by atoms with E-state index >= 15 is 0 Å². The van der Waals surface area contributed by atoms with Crippen molar-refractivity contribution in [3.63, 3.8) is 0 Å². The molecule has 0 aliphatic rings. The molecule has 2 aromatic carbocycles. The summed E-state index contributed by atoms with van der Waals surface area (Å²) in [5, 5.41) is 0. The fraction of sp³-hybridized carbons (Fsp3) is 0.316. The zero-order valence-corrected chi connectivity index (χ0v) is 15.0. The Bertz CT molecular complexity index is 746. The summed E-state index contributed by atoms with van der Waals surface area (Å²) in [6.07, 6.45) is 0. The third kappa shape index (κ3) is 3.84. The number of ether oxygens (including phenoxy) is 3. The lowest BCUT2D eigenvalue weighted by molar-refractivity contribution is 0.0738. The Balaban J connectivity index is 2.36. The quantitative estimate of drug-likeness (QED) is 0.800. The van der Waals surface area contributed by atoms with Gasteiger partial charge in [0.2, 0.25) is 0 Å². The standard InChI is InChI=1S/C19H22FNO4/c1-12(13-6-8-14(20)9-7-13)21(2)19(22)15-10-17(24-4)18(25-5)11-16(15)23-3/h6-12H,1-5H3. The number of rotatable bonds is 6. The molecule has 0 aliphatic heterocycles. The average molecular weight is 347 g/mol. The number of nitrogens with zero attached hydrogens (tertiary/aromatic N) is 1. The van der Waals surface area contributed by atoms with Crippen molar-refractivity contribution in [2.45, 2.75) is 13.0 Å². The van der Waals surface area contributed by atoms with E-state index in [1.807, 2.05) is 6.92 Å². The van der Waals surface area contributed by atoms with Crippen molar-refractivity contribution >= 4 is 5.91 Å². The summed E-state index contributed by atoms with van der Waals surface area (Å²) in [5.41, 5.74) is 1.19. The first-order valence-electron chi connectivity index (χ1n) is 7.75. The van der Waals surface area contributed by atoms with Crippen LogP contribution in [0.3, 0.4) is 0 Å². The Kier molecular flexibility index (Phi) is 5.85. The van der Waals surface area contributed by atoms with E-state index in [-0.39, 0.29) is 17.8 Å². The zero-order valence-electron chi connectivity index (χ0n) is 15.0. The van der Waals surface area contributed by atoms with Gasteiger partial charge in [-0.1, -0.05) is 12.1 Å². The second kappa shape index (κ2) is 7.88. The predicted octanol–water partition coefficient (Wildman–Crippen LogP) is 3.68. The lowest BCUT2D eigenvalue weighted by atomic mass is 10.1. The molecule has 0 heterocycles. The SMILES string of the molecule is COc1cc(OC)c(C(=O)N(C)C(C)c2ccc(F)cc2)cc1OC. The third-order valence-corrected chi connectivity index (χ3v) is 4.19. The highest BCUT2D eigenvalue weighted by Gasteiger charge is 2.24. The van der Waals surface area contributed by atoms with E-state index < -0.39 is 0 Å². The van der Waals surface area contributed by atoms with Gasteiger partial charge in [-0.3, -0.25) is 4.79 Å². The summed E-state index contributed by atoms with van der Waals surface area (Å²) in [6, 6.07) is 9.04. The molecule has 5 nitrogen and oxygen atoms in total. The first-order chi connectivity index (χ1) is 11.9. The van der Waals surface area contributed by atoms with Crippen LogP contribution >= 0.6 is 0 Å². The molecule has 2 rings (SSSR count). The average Bonchev–Trinajstić information content (AvgIpc) is 2.65. The van der Waals surface area contributed by atoms with Gasteiger partial charge in [-0.25, -0.2) is 4.39 Å². The summed E-state index contributed by atoms with van der Waals surface area (Å²) in [6.45, 7) is 1.87. The van der Waals surface area contributed by atoms with Gasteiger partial charge in [0.1, 0.15) is 11.6 Å². The first kappa shape index (κ1) is 18.6. The molecule has 0 aliphatic carbocycles. The number of hydrogen-bond donors (Lipinski definition) is 0. The van der Waals surface area contributed by atoms with Gasteiger partial charge in [-0.2, -0.15) is 0 Å². The molecule has 1 amide bonds. The summed E-state index contributed by atoms with van der Waals surface area (Å²) >= 11 is 0. The van der Waals surface area contributed by atoms with E-state index in [0.29, 0.717) is 22.8 Å². The molecule has 0 saturated carbocycles. The van der Waals surface area contributed by atoms with Crippen LogP contribution in [0, 0.1) is 5.82 Å². The van der Waals surface area contributed by atoms with E-state index in [0.717, 1.165) is 5.56 Å². The lowest BCUT2D eigenvalue weighted by Gasteiger charge is -2.26. The number of amides is 1.